The van der Waals surface area contributed by atoms with Crippen LogP contribution in [0.3, 0.4) is 0 Å². The third-order valence-corrected chi connectivity index (χ3v) is 13.4. The molecule has 0 aromatic heterocycles. The second-order valence-corrected chi connectivity index (χ2v) is 14.5. The van der Waals surface area contributed by atoms with Crippen LogP contribution in [-0.2, 0) is 0 Å². The molecule has 0 N–H and O–H groups in total. The van der Waals surface area contributed by atoms with Crippen LogP contribution in [0, 0.1) is 51.2 Å². The molecule has 5 aliphatic rings. The van der Waals surface area contributed by atoms with Crippen LogP contribution in [0.15, 0.2) is 23.3 Å². The van der Waals surface area contributed by atoms with Crippen LogP contribution in [-0.4, -0.2) is 6.67 Å². The number of hydrogen-bond donors (Lipinski definition) is 0. The summed E-state index contributed by atoms with van der Waals surface area (Å²) < 4.78 is 13.0. The fourth-order valence-electron chi connectivity index (χ4n) is 11.4. The number of hydrogen-bond acceptors (Lipinski definition) is 0. The maximum absolute atomic E-state index is 13.0. The number of allylic oxidation sites excluding steroid dienone is 4. The summed E-state index contributed by atoms with van der Waals surface area (Å²) in [7, 11) is 0. The molecule has 0 aliphatic heterocycles. The van der Waals surface area contributed by atoms with Crippen LogP contribution < -0.4 is 0 Å². The molecule has 4 saturated carbocycles. The maximum atomic E-state index is 13.0. The van der Waals surface area contributed by atoms with E-state index in [1.54, 1.807) is 5.57 Å². The average molecular weight is 469 g/mol. The van der Waals surface area contributed by atoms with E-state index in [-0.39, 0.29) is 6.67 Å². The summed E-state index contributed by atoms with van der Waals surface area (Å²) in [6, 6.07) is 0. The zero-order valence-corrected chi connectivity index (χ0v) is 23.3. The molecule has 5 rings (SSSR count). The second kappa shape index (κ2) is 8.76. The molecule has 34 heavy (non-hydrogen) atoms. The largest absolute Gasteiger partial charge is 0.251 e. The minimum Gasteiger partial charge on any atom is -0.251 e. The van der Waals surface area contributed by atoms with Crippen molar-refractivity contribution in [1.82, 2.24) is 0 Å². The van der Waals surface area contributed by atoms with Gasteiger partial charge in [0.05, 0.1) is 6.67 Å². The van der Waals surface area contributed by atoms with Crippen LogP contribution in [0.5, 0.6) is 0 Å². The van der Waals surface area contributed by atoms with E-state index in [9.17, 15) is 4.39 Å². The fourth-order valence-corrected chi connectivity index (χ4v) is 11.4. The van der Waals surface area contributed by atoms with E-state index in [1.807, 2.05) is 0 Å². The lowest BCUT2D eigenvalue weighted by molar-refractivity contribution is -0.217. The predicted molar refractivity (Wildman–Crippen MR) is 143 cm³/mol. The van der Waals surface area contributed by atoms with Crippen molar-refractivity contribution < 1.29 is 4.39 Å². The molecular weight excluding hydrogens is 415 g/mol. The zero-order valence-electron chi connectivity index (χ0n) is 23.3. The standard InChI is InChI=1S/C33H53F/c1-7-10-24(11-9-22-34)25-15-18-31(4)26(23(25)2)16-19-33(6)29(31)14-13-28-27-12-8-17-30(27,3)20-21-32(28,33)5/h10,15,23,26-29H,7-9,11-14,16-22H2,1-6H3/b24-10+/t23?,26?,27?,28?,29?,30?,31?,32-,33?/m1/s1. The Morgan fingerprint density at radius 3 is 2.47 bits per heavy atom. The van der Waals surface area contributed by atoms with E-state index in [2.05, 4.69) is 53.7 Å². The average Bonchev–Trinajstić information content (AvgIpc) is 3.19. The van der Waals surface area contributed by atoms with Gasteiger partial charge in [-0.1, -0.05) is 60.1 Å². The number of rotatable bonds is 5. The number of alkyl halides is 1. The van der Waals surface area contributed by atoms with Crippen molar-refractivity contribution in [2.24, 2.45) is 51.2 Å². The first-order chi connectivity index (χ1) is 16.1. The summed E-state index contributed by atoms with van der Waals surface area (Å²) in [5.41, 5.74) is 5.14. The molecule has 0 aromatic carbocycles. The van der Waals surface area contributed by atoms with Gasteiger partial charge in [0.25, 0.3) is 0 Å². The Morgan fingerprint density at radius 1 is 0.941 bits per heavy atom. The minimum atomic E-state index is -0.190. The summed E-state index contributed by atoms with van der Waals surface area (Å²) in [5.74, 6) is 4.22. The highest BCUT2D eigenvalue weighted by molar-refractivity contribution is 5.37. The highest BCUT2D eigenvalue weighted by Gasteiger charge is 2.67. The lowest BCUT2D eigenvalue weighted by atomic mass is 9.33. The van der Waals surface area contributed by atoms with E-state index in [4.69, 9.17) is 0 Å². The molecule has 0 saturated heterocycles. The molecule has 0 nitrogen and oxygen atoms in total. The Hall–Kier alpha value is -0.590. The van der Waals surface area contributed by atoms with Gasteiger partial charge in [-0.15, -0.1) is 0 Å². The first kappa shape index (κ1) is 25.1. The monoisotopic (exact) mass is 468 g/mol. The van der Waals surface area contributed by atoms with Crippen molar-refractivity contribution in [3.8, 4) is 0 Å². The van der Waals surface area contributed by atoms with Gasteiger partial charge in [-0.25, -0.2) is 0 Å². The second-order valence-electron chi connectivity index (χ2n) is 14.5. The van der Waals surface area contributed by atoms with E-state index in [1.165, 1.54) is 69.8 Å². The summed E-state index contributed by atoms with van der Waals surface area (Å²) in [6.07, 6.45) is 22.2. The molecule has 0 aromatic rings. The Morgan fingerprint density at radius 2 is 1.74 bits per heavy atom. The molecule has 192 valence electrons. The normalized spacial score (nSPS) is 50.6. The molecule has 9 atom stereocenters. The third-order valence-electron chi connectivity index (χ3n) is 13.4. The summed E-state index contributed by atoms with van der Waals surface area (Å²) >= 11 is 0. The van der Waals surface area contributed by atoms with Crippen LogP contribution in [0.4, 0.5) is 4.39 Å². The van der Waals surface area contributed by atoms with E-state index < -0.39 is 0 Å². The molecule has 0 heterocycles. The first-order valence-corrected chi connectivity index (χ1v) is 15.1. The van der Waals surface area contributed by atoms with Crippen molar-refractivity contribution in [3.63, 3.8) is 0 Å². The maximum Gasteiger partial charge on any atom is 0.0897 e. The smallest absolute Gasteiger partial charge is 0.0897 e. The van der Waals surface area contributed by atoms with Crippen LogP contribution in [0.1, 0.15) is 125 Å². The number of halogens is 1. The third kappa shape index (κ3) is 3.40. The lowest BCUT2D eigenvalue weighted by Gasteiger charge is -2.71. The van der Waals surface area contributed by atoms with Gasteiger partial charge in [-0.05, 0) is 139 Å². The van der Waals surface area contributed by atoms with Gasteiger partial charge in [-0.2, -0.15) is 0 Å². The quantitative estimate of drug-likeness (QED) is 0.376. The van der Waals surface area contributed by atoms with Gasteiger partial charge in [-0.3, -0.25) is 4.39 Å². The number of fused-ring (bicyclic) bond motifs is 7. The predicted octanol–water partition coefficient (Wildman–Crippen LogP) is 10.1. The van der Waals surface area contributed by atoms with Crippen LogP contribution in [0.25, 0.3) is 0 Å². The molecule has 4 fully saturated rings. The minimum absolute atomic E-state index is 0.190. The van der Waals surface area contributed by atoms with Crippen molar-refractivity contribution in [2.75, 3.05) is 6.67 Å². The molecule has 1 heteroatoms. The summed E-state index contributed by atoms with van der Waals surface area (Å²) in [6.45, 7) is 15.4. The molecular formula is C33H53F. The summed E-state index contributed by atoms with van der Waals surface area (Å²) in [5, 5.41) is 0. The van der Waals surface area contributed by atoms with Gasteiger partial charge in [0, 0.05) is 0 Å². The van der Waals surface area contributed by atoms with Crippen molar-refractivity contribution in [2.45, 2.75) is 125 Å². The fraction of sp³-hybridized carbons (Fsp3) is 0.879. The molecule has 5 aliphatic carbocycles. The SMILES string of the molecule is CC/C=C(\CCCF)C1=CCC2(C)C(CCC3(C)C2CCC2C4CCCC4(C)CC[C@]23C)C1C. The van der Waals surface area contributed by atoms with Gasteiger partial charge in [0.2, 0.25) is 0 Å². The van der Waals surface area contributed by atoms with E-state index in [0.717, 1.165) is 36.5 Å². The van der Waals surface area contributed by atoms with Crippen molar-refractivity contribution in [3.05, 3.63) is 23.3 Å². The highest BCUT2D eigenvalue weighted by atomic mass is 19.1. The Kier molecular flexibility index (Phi) is 6.46. The Bertz CT molecular complexity index is 837. The zero-order chi connectivity index (χ0) is 24.4. The molecule has 0 amide bonds. The summed E-state index contributed by atoms with van der Waals surface area (Å²) in [4.78, 5) is 0. The van der Waals surface area contributed by atoms with Crippen LogP contribution >= 0.6 is 0 Å². The molecule has 0 spiro atoms. The Balaban J connectivity index is 1.46. The van der Waals surface area contributed by atoms with Gasteiger partial charge in [0.15, 0.2) is 0 Å². The molecule has 8 unspecified atom stereocenters. The van der Waals surface area contributed by atoms with E-state index >= 15 is 0 Å². The highest BCUT2D eigenvalue weighted by Crippen LogP contribution is 2.75. The molecule has 0 bridgehead atoms. The van der Waals surface area contributed by atoms with Gasteiger partial charge >= 0.3 is 0 Å². The first-order valence-electron chi connectivity index (χ1n) is 15.1. The lowest BCUT2D eigenvalue weighted by Crippen LogP contribution is -2.64. The molecule has 0 radical (unpaired) electrons. The van der Waals surface area contributed by atoms with Crippen molar-refractivity contribution in [1.29, 1.82) is 0 Å². The topological polar surface area (TPSA) is 0 Å². The Labute approximate surface area is 210 Å². The van der Waals surface area contributed by atoms with Crippen LogP contribution in [0.2, 0.25) is 0 Å². The van der Waals surface area contributed by atoms with Gasteiger partial charge < -0.3 is 0 Å². The van der Waals surface area contributed by atoms with Gasteiger partial charge in [0.1, 0.15) is 0 Å². The van der Waals surface area contributed by atoms with E-state index in [0.29, 0.717) is 34.0 Å². The van der Waals surface area contributed by atoms with Crippen molar-refractivity contribution >= 4 is 0 Å².